The van der Waals surface area contributed by atoms with E-state index in [2.05, 4.69) is 11.1 Å². The molecule has 6 heteroatoms. The molecule has 0 saturated heterocycles. The number of thiophene rings is 1. The first-order valence-corrected chi connectivity index (χ1v) is 8.32. The Balaban J connectivity index is 2.13. The molecule has 4 nitrogen and oxygen atoms in total. The summed E-state index contributed by atoms with van der Waals surface area (Å²) >= 11 is 7.71. The number of aryl methyl sites for hydroxylation is 1. The molecule has 2 aromatic heterocycles. The molecular weight excluding hydrogens is 330 g/mol. The third kappa shape index (κ3) is 2.88. The number of nitriles is 1. The summed E-state index contributed by atoms with van der Waals surface area (Å²) in [6.07, 6.45) is 0.317. The summed E-state index contributed by atoms with van der Waals surface area (Å²) in [7, 11) is 1.70. The van der Waals surface area contributed by atoms with E-state index >= 15 is 0 Å². The molecule has 3 rings (SSSR count). The van der Waals surface area contributed by atoms with Crippen LogP contribution in [0.5, 0.6) is 0 Å². The van der Waals surface area contributed by atoms with Gasteiger partial charge in [0.1, 0.15) is 5.15 Å². The highest BCUT2D eigenvalue weighted by Crippen LogP contribution is 2.36. The number of halogens is 1. The van der Waals surface area contributed by atoms with Crippen molar-refractivity contribution in [2.45, 2.75) is 13.3 Å². The number of hydrogen-bond donors (Lipinski definition) is 0. The third-order valence-electron chi connectivity index (χ3n) is 3.69. The van der Waals surface area contributed by atoms with Crippen molar-refractivity contribution in [3.63, 3.8) is 0 Å². The lowest BCUT2D eigenvalue weighted by atomic mass is 10.1. The number of benzene rings is 1. The van der Waals surface area contributed by atoms with Gasteiger partial charge < -0.3 is 4.90 Å². The summed E-state index contributed by atoms with van der Waals surface area (Å²) in [6, 6.07) is 9.84. The van der Waals surface area contributed by atoms with Crippen molar-refractivity contribution >= 4 is 49.8 Å². The molecular formula is C17H14ClN3OS. The van der Waals surface area contributed by atoms with Crippen molar-refractivity contribution in [1.29, 1.82) is 5.26 Å². The normalized spacial score (nSPS) is 10.9. The summed E-state index contributed by atoms with van der Waals surface area (Å²) in [5, 5.41) is 10.9. The number of hydrogen-bond acceptors (Lipinski definition) is 4. The molecule has 2 heterocycles. The zero-order valence-corrected chi connectivity index (χ0v) is 14.3. The fourth-order valence-corrected chi connectivity index (χ4v) is 3.93. The Morgan fingerprint density at radius 2 is 2.17 bits per heavy atom. The monoisotopic (exact) mass is 343 g/mol. The van der Waals surface area contributed by atoms with Crippen LogP contribution < -0.4 is 0 Å². The Morgan fingerprint density at radius 3 is 2.91 bits per heavy atom. The molecule has 3 aromatic rings. The molecule has 0 spiro atoms. The first-order chi connectivity index (χ1) is 11.0. The minimum absolute atomic E-state index is 0.0988. The quantitative estimate of drug-likeness (QED) is 0.662. The van der Waals surface area contributed by atoms with Crippen molar-refractivity contribution in [3.05, 3.63) is 39.9 Å². The lowest BCUT2D eigenvalue weighted by Crippen LogP contribution is -2.26. The highest BCUT2D eigenvalue weighted by atomic mass is 35.5. The van der Waals surface area contributed by atoms with Crippen LogP contribution in [0.25, 0.3) is 21.0 Å². The highest BCUT2D eigenvalue weighted by molar-refractivity contribution is 7.21. The minimum Gasteiger partial charge on any atom is -0.340 e. The first-order valence-electron chi connectivity index (χ1n) is 7.13. The van der Waals surface area contributed by atoms with Gasteiger partial charge in [-0.2, -0.15) is 5.26 Å². The number of nitrogens with zero attached hydrogens (tertiary/aromatic N) is 3. The molecule has 0 bridgehead atoms. The maximum Gasteiger partial charge on any atom is 0.263 e. The molecule has 116 valence electrons. The van der Waals surface area contributed by atoms with Gasteiger partial charge >= 0.3 is 0 Å². The second-order valence-corrected chi connectivity index (χ2v) is 6.82. The maximum atomic E-state index is 12.5. The number of aromatic nitrogens is 1. The van der Waals surface area contributed by atoms with E-state index in [1.165, 1.54) is 11.3 Å². The van der Waals surface area contributed by atoms with Crippen molar-refractivity contribution in [1.82, 2.24) is 9.88 Å². The highest BCUT2D eigenvalue weighted by Gasteiger charge is 2.18. The van der Waals surface area contributed by atoms with Gasteiger partial charge in [0.05, 0.1) is 22.9 Å². The molecule has 1 aromatic carbocycles. The van der Waals surface area contributed by atoms with E-state index in [0.29, 0.717) is 23.0 Å². The molecule has 0 radical (unpaired) electrons. The van der Waals surface area contributed by atoms with Crippen LogP contribution in [-0.2, 0) is 0 Å². The van der Waals surface area contributed by atoms with Gasteiger partial charge in [-0.15, -0.1) is 11.3 Å². The molecule has 0 unspecified atom stereocenters. The van der Waals surface area contributed by atoms with E-state index in [9.17, 15) is 4.79 Å². The van der Waals surface area contributed by atoms with E-state index in [4.69, 9.17) is 16.9 Å². The van der Waals surface area contributed by atoms with Crippen LogP contribution in [0, 0.1) is 18.3 Å². The average molecular weight is 344 g/mol. The van der Waals surface area contributed by atoms with E-state index in [0.717, 1.165) is 26.6 Å². The van der Waals surface area contributed by atoms with Crippen LogP contribution in [0.2, 0.25) is 5.15 Å². The van der Waals surface area contributed by atoms with Crippen molar-refractivity contribution in [3.8, 4) is 6.07 Å². The van der Waals surface area contributed by atoms with Gasteiger partial charge in [-0.3, -0.25) is 4.79 Å². The van der Waals surface area contributed by atoms with Crippen LogP contribution >= 0.6 is 22.9 Å². The van der Waals surface area contributed by atoms with Gasteiger partial charge in [-0.1, -0.05) is 23.2 Å². The molecule has 0 aliphatic rings. The smallest absolute Gasteiger partial charge is 0.263 e. The van der Waals surface area contributed by atoms with E-state index < -0.39 is 0 Å². The topological polar surface area (TPSA) is 57.0 Å². The van der Waals surface area contributed by atoms with Gasteiger partial charge in [0.2, 0.25) is 0 Å². The molecule has 0 N–H and O–H groups in total. The Labute approximate surface area is 142 Å². The van der Waals surface area contributed by atoms with Gasteiger partial charge in [0.25, 0.3) is 5.91 Å². The Kier molecular flexibility index (Phi) is 4.20. The fourth-order valence-electron chi connectivity index (χ4n) is 2.45. The van der Waals surface area contributed by atoms with Crippen LogP contribution in [0.4, 0.5) is 0 Å². The zero-order chi connectivity index (χ0) is 16.6. The summed E-state index contributed by atoms with van der Waals surface area (Å²) < 4.78 is 0.973. The van der Waals surface area contributed by atoms with Crippen LogP contribution in [0.15, 0.2) is 24.3 Å². The summed E-state index contributed by atoms with van der Waals surface area (Å²) in [4.78, 5) is 19.1. The van der Waals surface area contributed by atoms with Crippen molar-refractivity contribution < 1.29 is 4.79 Å². The summed E-state index contributed by atoms with van der Waals surface area (Å²) in [5.74, 6) is -0.0988. The van der Waals surface area contributed by atoms with Gasteiger partial charge in [-0.05, 0) is 25.1 Å². The number of pyridine rings is 1. The van der Waals surface area contributed by atoms with E-state index in [1.807, 2.05) is 25.1 Å². The number of amides is 1. The van der Waals surface area contributed by atoms with Crippen molar-refractivity contribution in [2.75, 3.05) is 13.6 Å². The SMILES string of the molecule is Cc1ccc2nc(Cl)c3cc(C(=O)N(C)CCC#N)sc3c2c1. The van der Waals surface area contributed by atoms with Gasteiger partial charge in [-0.25, -0.2) is 4.98 Å². The number of carbonyl (C=O) groups is 1. The van der Waals surface area contributed by atoms with Gasteiger partial charge in [0, 0.05) is 29.1 Å². The first kappa shape index (κ1) is 15.7. The average Bonchev–Trinajstić information content (AvgIpc) is 2.99. The number of fused-ring (bicyclic) bond motifs is 3. The Morgan fingerprint density at radius 1 is 1.39 bits per heavy atom. The molecule has 23 heavy (non-hydrogen) atoms. The van der Waals surface area contributed by atoms with E-state index in [1.54, 1.807) is 18.0 Å². The number of carbonyl (C=O) groups excluding carboxylic acids is 1. The minimum atomic E-state index is -0.0988. The number of rotatable bonds is 3. The van der Waals surface area contributed by atoms with Crippen LogP contribution in [0.3, 0.4) is 0 Å². The molecule has 0 atom stereocenters. The third-order valence-corrected chi connectivity index (χ3v) is 5.13. The Hall–Kier alpha value is -2.16. The standard InChI is InChI=1S/C17H14ClN3OS/c1-10-4-5-13-11(8-10)15-12(16(18)20-13)9-14(23-15)17(22)21(2)7-3-6-19/h4-5,8-9H,3,7H2,1-2H3. The van der Waals surface area contributed by atoms with Crippen LogP contribution in [0.1, 0.15) is 21.7 Å². The van der Waals surface area contributed by atoms with Crippen molar-refractivity contribution in [2.24, 2.45) is 0 Å². The molecule has 0 fully saturated rings. The zero-order valence-electron chi connectivity index (χ0n) is 12.8. The second-order valence-electron chi connectivity index (χ2n) is 5.41. The molecule has 0 aliphatic heterocycles. The fraction of sp³-hybridized carbons (Fsp3) is 0.235. The lowest BCUT2D eigenvalue weighted by Gasteiger charge is -2.13. The Bertz CT molecular complexity index is 958. The van der Waals surface area contributed by atoms with Gasteiger partial charge in [0.15, 0.2) is 0 Å². The maximum absolute atomic E-state index is 12.5. The van der Waals surface area contributed by atoms with Crippen LogP contribution in [-0.4, -0.2) is 29.4 Å². The summed E-state index contributed by atoms with van der Waals surface area (Å²) in [5.41, 5.74) is 1.96. The molecule has 0 saturated carbocycles. The summed E-state index contributed by atoms with van der Waals surface area (Å²) in [6.45, 7) is 2.44. The largest absolute Gasteiger partial charge is 0.340 e. The lowest BCUT2D eigenvalue weighted by molar-refractivity contribution is 0.0803. The molecule has 0 aliphatic carbocycles. The second kappa shape index (κ2) is 6.15. The van der Waals surface area contributed by atoms with E-state index in [-0.39, 0.29) is 5.91 Å². The predicted molar refractivity (Wildman–Crippen MR) is 94.1 cm³/mol. The molecule has 1 amide bonds. The predicted octanol–water partition coefficient (Wildman–Crippen LogP) is 4.40.